The second-order valence-corrected chi connectivity index (χ2v) is 22.6. The SMILES string of the molecule is CC(=O)[C@H]1CCC2C3CCC4=CC(O[Si](C)(C)C)=CC[C@]4(C)C3[C@H](O[Si](C)(C)C)C[C@@]21C. The van der Waals surface area contributed by atoms with Gasteiger partial charge in [-0.3, -0.25) is 4.79 Å². The van der Waals surface area contributed by atoms with Crippen molar-refractivity contribution in [2.75, 3.05) is 0 Å². The normalized spacial score (nSPS) is 41.7. The van der Waals surface area contributed by atoms with Crippen molar-refractivity contribution < 1.29 is 13.6 Å². The Kier molecular flexibility index (Phi) is 6.08. The molecule has 0 saturated heterocycles. The Labute approximate surface area is 198 Å². The highest BCUT2D eigenvalue weighted by Crippen LogP contribution is 2.67. The number of hydrogen-bond donors (Lipinski definition) is 0. The summed E-state index contributed by atoms with van der Waals surface area (Å²) in [7, 11) is -3.34. The highest BCUT2D eigenvalue weighted by molar-refractivity contribution is 6.70. The molecule has 4 rings (SSSR count). The van der Waals surface area contributed by atoms with Gasteiger partial charge in [-0.25, -0.2) is 0 Å². The molecule has 0 bridgehead atoms. The third kappa shape index (κ3) is 4.27. The van der Waals surface area contributed by atoms with E-state index in [9.17, 15) is 4.79 Å². The van der Waals surface area contributed by atoms with Crippen LogP contribution in [-0.2, 0) is 13.6 Å². The molecule has 0 spiro atoms. The molecule has 5 heteroatoms. The van der Waals surface area contributed by atoms with Crippen LogP contribution in [-0.4, -0.2) is 28.5 Å². The maximum Gasteiger partial charge on any atom is 0.242 e. The van der Waals surface area contributed by atoms with Crippen molar-refractivity contribution in [2.45, 2.75) is 105 Å². The van der Waals surface area contributed by atoms with E-state index in [2.05, 4.69) is 65.3 Å². The quantitative estimate of drug-likeness (QED) is 0.391. The molecule has 3 unspecified atom stereocenters. The molecule has 0 heterocycles. The van der Waals surface area contributed by atoms with E-state index in [1.165, 1.54) is 19.3 Å². The Bertz CT molecular complexity index is 833. The summed E-state index contributed by atoms with van der Waals surface area (Å²) in [4.78, 5) is 12.6. The van der Waals surface area contributed by atoms with Crippen LogP contribution in [0.4, 0.5) is 0 Å². The fraction of sp³-hybridized carbons (Fsp3) is 0.815. The Morgan fingerprint density at radius 2 is 1.72 bits per heavy atom. The number of carbonyl (C=O) groups excluding carboxylic acids is 1. The smallest absolute Gasteiger partial charge is 0.242 e. The minimum absolute atomic E-state index is 0.103. The molecule has 0 aromatic rings. The molecular weight excluding hydrogens is 428 g/mol. The van der Waals surface area contributed by atoms with E-state index in [1.807, 2.05) is 6.92 Å². The van der Waals surface area contributed by atoms with Crippen LogP contribution >= 0.6 is 0 Å². The van der Waals surface area contributed by atoms with Gasteiger partial charge in [0.05, 0.1) is 5.76 Å². The summed E-state index contributed by atoms with van der Waals surface area (Å²) < 4.78 is 13.4. The summed E-state index contributed by atoms with van der Waals surface area (Å²) in [5.74, 6) is 3.59. The Hall–Kier alpha value is -0.656. The second-order valence-electron chi connectivity index (χ2n) is 13.7. The van der Waals surface area contributed by atoms with E-state index in [-0.39, 0.29) is 22.9 Å². The van der Waals surface area contributed by atoms with Gasteiger partial charge in [0.15, 0.2) is 8.32 Å². The first-order chi connectivity index (χ1) is 14.6. The van der Waals surface area contributed by atoms with Gasteiger partial charge in [0.25, 0.3) is 0 Å². The van der Waals surface area contributed by atoms with Crippen LogP contribution in [0.1, 0.15) is 59.3 Å². The fourth-order valence-electron chi connectivity index (χ4n) is 8.14. The van der Waals surface area contributed by atoms with Crippen LogP contribution in [0.3, 0.4) is 0 Å². The minimum Gasteiger partial charge on any atom is -0.545 e. The minimum atomic E-state index is -1.72. The highest BCUT2D eigenvalue weighted by atomic mass is 28.4. The van der Waals surface area contributed by atoms with Gasteiger partial charge >= 0.3 is 0 Å². The first-order valence-electron chi connectivity index (χ1n) is 12.9. The zero-order valence-electron chi connectivity index (χ0n) is 22.0. The number of Topliss-reactive ketones (excluding diaryl/α,β-unsaturated/α-hetero) is 1. The zero-order valence-corrected chi connectivity index (χ0v) is 24.0. The van der Waals surface area contributed by atoms with Crippen molar-refractivity contribution in [1.29, 1.82) is 0 Å². The number of rotatable bonds is 5. The third-order valence-electron chi connectivity index (χ3n) is 9.11. The molecule has 4 aliphatic rings. The van der Waals surface area contributed by atoms with Crippen molar-refractivity contribution >= 4 is 22.4 Å². The van der Waals surface area contributed by atoms with Crippen LogP contribution in [0.2, 0.25) is 39.3 Å². The lowest BCUT2D eigenvalue weighted by molar-refractivity contribution is -0.137. The Balaban J connectivity index is 1.71. The first kappa shape index (κ1) is 24.5. The van der Waals surface area contributed by atoms with E-state index in [0.29, 0.717) is 23.5 Å². The maximum absolute atomic E-state index is 12.6. The van der Waals surface area contributed by atoms with E-state index in [1.54, 1.807) is 5.57 Å². The van der Waals surface area contributed by atoms with Crippen LogP contribution in [0.25, 0.3) is 0 Å². The average Bonchev–Trinajstić information content (AvgIpc) is 2.96. The summed E-state index contributed by atoms with van der Waals surface area (Å²) in [5, 5.41) is 0. The molecule has 0 amide bonds. The summed E-state index contributed by atoms with van der Waals surface area (Å²) >= 11 is 0. The van der Waals surface area contributed by atoms with Gasteiger partial charge in [-0.05, 0) is 125 Å². The molecular formula is C27H46O3Si2. The molecule has 3 nitrogen and oxygen atoms in total. The number of ketones is 1. The van der Waals surface area contributed by atoms with Crippen LogP contribution < -0.4 is 0 Å². The molecule has 4 aliphatic carbocycles. The molecule has 0 N–H and O–H groups in total. The summed E-state index contributed by atoms with van der Waals surface area (Å²) in [6, 6.07) is 0. The monoisotopic (exact) mass is 474 g/mol. The van der Waals surface area contributed by atoms with Gasteiger partial charge in [0.1, 0.15) is 5.78 Å². The Morgan fingerprint density at radius 3 is 2.31 bits per heavy atom. The van der Waals surface area contributed by atoms with Gasteiger partial charge < -0.3 is 8.85 Å². The summed E-state index contributed by atoms with van der Waals surface area (Å²) in [6.07, 6.45) is 11.8. The van der Waals surface area contributed by atoms with E-state index in [4.69, 9.17) is 8.85 Å². The van der Waals surface area contributed by atoms with Crippen molar-refractivity contribution in [1.82, 2.24) is 0 Å². The standard InChI is InChI=1S/C27H46O3Si2/c1-18(28)22-12-13-23-21-11-10-19-16-20(29-31(4,5)6)14-15-26(19,2)25(21)24(17-27(22,23)3)30-32(7,8)9/h14,16,21-25H,10-13,15,17H2,1-9H3/t21?,22-,23?,24-,25?,26+,27-/m1/s1. The second kappa shape index (κ2) is 7.95. The van der Waals surface area contributed by atoms with Crippen LogP contribution in [0.5, 0.6) is 0 Å². The lowest BCUT2D eigenvalue weighted by atomic mass is 9.46. The fourth-order valence-corrected chi connectivity index (χ4v) is 10.1. The van der Waals surface area contributed by atoms with Crippen LogP contribution in [0, 0.1) is 34.5 Å². The number of allylic oxidation sites excluding steroid dienone is 3. The summed E-state index contributed by atoms with van der Waals surface area (Å²) in [5.41, 5.74) is 1.84. The van der Waals surface area contributed by atoms with Crippen molar-refractivity contribution in [3.05, 3.63) is 23.5 Å². The van der Waals surface area contributed by atoms with E-state index >= 15 is 0 Å². The number of hydrogen-bond acceptors (Lipinski definition) is 3. The zero-order chi connectivity index (χ0) is 23.7. The Morgan fingerprint density at radius 1 is 1.03 bits per heavy atom. The van der Waals surface area contributed by atoms with E-state index < -0.39 is 16.6 Å². The number of fused-ring (bicyclic) bond motifs is 5. The molecule has 180 valence electrons. The lowest BCUT2D eigenvalue weighted by Crippen LogP contribution is -2.58. The van der Waals surface area contributed by atoms with Crippen molar-refractivity contribution in [3.8, 4) is 0 Å². The molecule has 32 heavy (non-hydrogen) atoms. The first-order valence-corrected chi connectivity index (χ1v) is 19.7. The molecule has 0 radical (unpaired) electrons. The highest BCUT2D eigenvalue weighted by Gasteiger charge is 2.63. The summed E-state index contributed by atoms with van der Waals surface area (Å²) in [6.45, 7) is 20.6. The van der Waals surface area contributed by atoms with Gasteiger partial charge in [0, 0.05) is 12.0 Å². The van der Waals surface area contributed by atoms with Crippen LogP contribution in [0.15, 0.2) is 23.5 Å². The van der Waals surface area contributed by atoms with Gasteiger partial charge in [-0.1, -0.05) is 19.4 Å². The topological polar surface area (TPSA) is 35.5 Å². The number of carbonyl (C=O) groups is 1. The maximum atomic E-state index is 12.6. The molecule has 7 atom stereocenters. The third-order valence-corrected chi connectivity index (χ3v) is 11.0. The molecule has 3 fully saturated rings. The predicted molar refractivity (Wildman–Crippen MR) is 137 cm³/mol. The van der Waals surface area contributed by atoms with Gasteiger partial charge in [-0.2, -0.15) is 0 Å². The molecule has 0 aromatic carbocycles. The van der Waals surface area contributed by atoms with Gasteiger partial charge in [-0.15, -0.1) is 0 Å². The molecule has 0 aliphatic heterocycles. The predicted octanol–water partition coefficient (Wildman–Crippen LogP) is 7.33. The largest absolute Gasteiger partial charge is 0.545 e. The van der Waals surface area contributed by atoms with Crippen molar-refractivity contribution in [3.63, 3.8) is 0 Å². The molecule has 0 aromatic heterocycles. The van der Waals surface area contributed by atoms with Crippen molar-refractivity contribution in [2.24, 2.45) is 34.5 Å². The molecule has 3 saturated carbocycles. The average molecular weight is 475 g/mol. The van der Waals surface area contributed by atoms with E-state index in [0.717, 1.165) is 25.0 Å². The van der Waals surface area contributed by atoms with Gasteiger partial charge in [0.2, 0.25) is 8.32 Å². The lowest BCUT2D eigenvalue weighted by Gasteiger charge is -2.61.